The van der Waals surface area contributed by atoms with Crippen molar-refractivity contribution >= 4 is 23.1 Å². The predicted molar refractivity (Wildman–Crippen MR) is 145 cm³/mol. The van der Waals surface area contributed by atoms with Gasteiger partial charge in [0.1, 0.15) is 11.5 Å². The molecular formula is C30H25FN4O2. The fourth-order valence-corrected chi connectivity index (χ4v) is 4.15. The number of methoxy groups -OCH3 is 2. The van der Waals surface area contributed by atoms with Crippen LogP contribution in [0.3, 0.4) is 0 Å². The molecule has 184 valence electrons. The lowest BCUT2D eigenvalue weighted by Gasteiger charge is -2.16. The minimum absolute atomic E-state index is 0.0506. The first-order chi connectivity index (χ1) is 18.2. The first-order valence-electron chi connectivity index (χ1n) is 11.7. The molecule has 0 aliphatic carbocycles. The highest BCUT2D eigenvalue weighted by molar-refractivity contribution is 5.85. The van der Waals surface area contributed by atoms with Crippen LogP contribution in [0.25, 0.3) is 22.3 Å². The Kier molecular flexibility index (Phi) is 6.94. The van der Waals surface area contributed by atoms with Crippen molar-refractivity contribution in [3.8, 4) is 33.8 Å². The summed E-state index contributed by atoms with van der Waals surface area (Å²) in [4.78, 5) is 8.62. The Bertz CT molecular complexity index is 1540. The monoisotopic (exact) mass is 492 g/mol. The Labute approximate surface area is 214 Å². The van der Waals surface area contributed by atoms with Gasteiger partial charge in [0, 0.05) is 33.6 Å². The van der Waals surface area contributed by atoms with Gasteiger partial charge in [0.05, 0.1) is 20.4 Å². The maximum absolute atomic E-state index is 14.9. The van der Waals surface area contributed by atoms with Gasteiger partial charge in [-0.1, -0.05) is 72.8 Å². The average molecular weight is 493 g/mol. The van der Waals surface area contributed by atoms with E-state index in [-0.39, 0.29) is 11.8 Å². The third-order valence-corrected chi connectivity index (χ3v) is 5.89. The summed E-state index contributed by atoms with van der Waals surface area (Å²) in [5.41, 5.74) is 5.01. The Morgan fingerprint density at radius 1 is 0.595 bits per heavy atom. The molecule has 37 heavy (non-hydrogen) atoms. The van der Waals surface area contributed by atoms with Crippen LogP contribution in [0.4, 0.5) is 27.5 Å². The number of halogens is 1. The summed E-state index contributed by atoms with van der Waals surface area (Å²) in [5, 5.41) is 6.38. The quantitative estimate of drug-likeness (QED) is 0.234. The summed E-state index contributed by atoms with van der Waals surface area (Å²) in [6, 6.07) is 30.8. The summed E-state index contributed by atoms with van der Waals surface area (Å²) >= 11 is 0. The van der Waals surface area contributed by atoms with Gasteiger partial charge in [-0.2, -0.15) is 4.98 Å². The molecule has 1 heterocycles. The number of nitrogens with one attached hydrogen (secondary N) is 2. The van der Waals surface area contributed by atoms with Gasteiger partial charge in [0.25, 0.3) is 0 Å². The van der Waals surface area contributed by atoms with Crippen molar-refractivity contribution in [2.24, 2.45) is 0 Å². The van der Waals surface area contributed by atoms with Gasteiger partial charge in [-0.25, -0.2) is 9.37 Å². The van der Waals surface area contributed by atoms with E-state index in [0.717, 1.165) is 45.6 Å². The minimum atomic E-state index is -0.571. The van der Waals surface area contributed by atoms with E-state index in [4.69, 9.17) is 9.47 Å². The van der Waals surface area contributed by atoms with Crippen molar-refractivity contribution in [2.75, 3.05) is 24.9 Å². The molecule has 0 saturated carbocycles. The number of nitrogens with zero attached hydrogens (tertiary/aromatic N) is 2. The third-order valence-electron chi connectivity index (χ3n) is 5.89. The zero-order chi connectivity index (χ0) is 25.6. The predicted octanol–water partition coefficient (Wildman–Crippen LogP) is 7.45. The molecule has 0 saturated heterocycles. The van der Waals surface area contributed by atoms with E-state index in [2.05, 4.69) is 20.6 Å². The van der Waals surface area contributed by atoms with Crippen molar-refractivity contribution in [1.29, 1.82) is 0 Å². The first kappa shape index (κ1) is 23.8. The molecule has 0 aliphatic heterocycles. The van der Waals surface area contributed by atoms with E-state index in [1.807, 2.05) is 97.1 Å². The summed E-state index contributed by atoms with van der Waals surface area (Å²) in [6.07, 6.45) is 1.15. The molecule has 0 atom stereocenters. The normalized spacial score (nSPS) is 10.6. The van der Waals surface area contributed by atoms with Crippen LogP contribution in [-0.4, -0.2) is 24.2 Å². The average Bonchev–Trinajstić information content (AvgIpc) is 2.95. The molecule has 4 aromatic carbocycles. The topological polar surface area (TPSA) is 68.3 Å². The van der Waals surface area contributed by atoms with Gasteiger partial charge in [-0.15, -0.1) is 0 Å². The van der Waals surface area contributed by atoms with E-state index in [1.165, 1.54) is 0 Å². The van der Waals surface area contributed by atoms with E-state index >= 15 is 0 Å². The van der Waals surface area contributed by atoms with Crippen LogP contribution >= 0.6 is 0 Å². The highest BCUT2D eigenvalue weighted by atomic mass is 19.1. The van der Waals surface area contributed by atoms with Crippen molar-refractivity contribution in [2.45, 2.75) is 0 Å². The van der Waals surface area contributed by atoms with E-state index in [1.54, 1.807) is 14.2 Å². The van der Waals surface area contributed by atoms with Gasteiger partial charge in [0.15, 0.2) is 11.6 Å². The molecule has 5 rings (SSSR count). The Morgan fingerprint density at radius 2 is 1.05 bits per heavy atom. The van der Waals surface area contributed by atoms with Crippen molar-refractivity contribution in [3.05, 3.63) is 109 Å². The highest BCUT2D eigenvalue weighted by Gasteiger charge is 2.15. The molecule has 0 spiro atoms. The summed E-state index contributed by atoms with van der Waals surface area (Å²) in [5.74, 6) is 1.19. The van der Waals surface area contributed by atoms with Crippen LogP contribution in [0.15, 0.2) is 103 Å². The number of ether oxygens (including phenoxy) is 2. The molecule has 6 nitrogen and oxygen atoms in total. The second-order valence-electron chi connectivity index (χ2n) is 8.13. The number of benzene rings is 4. The molecule has 0 bridgehead atoms. The molecule has 0 unspecified atom stereocenters. The molecular weight excluding hydrogens is 467 g/mol. The van der Waals surface area contributed by atoms with Gasteiger partial charge >= 0.3 is 0 Å². The maximum atomic E-state index is 14.9. The lowest BCUT2D eigenvalue weighted by atomic mass is 10.0. The van der Waals surface area contributed by atoms with Crippen molar-refractivity contribution in [3.63, 3.8) is 0 Å². The Morgan fingerprint density at radius 3 is 1.59 bits per heavy atom. The number of aromatic nitrogens is 2. The molecule has 0 amide bonds. The maximum Gasteiger partial charge on any atom is 0.229 e. The van der Waals surface area contributed by atoms with Crippen LogP contribution < -0.4 is 20.1 Å². The van der Waals surface area contributed by atoms with Crippen molar-refractivity contribution in [1.82, 2.24) is 9.97 Å². The van der Waals surface area contributed by atoms with E-state index in [0.29, 0.717) is 5.69 Å². The molecule has 1 aromatic heterocycles. The summed E-state index contributed by atoms with van der Waals surface area (Å²) in [7, 11) is 3.26. The summed E-state index contributed by atoms with van der Waals surface area (Å²) < 4.78 is 25.9. The van der Waals surface area contributed by atoms with E-state index in [9.17, 15) is 4.39 Å². The SMILES string of the molecule is COc1ccccc1-c1ccccc1Nc1ncc(F)c(Nc2ccccc2-c2ccccc2OC)n1. The van der Waals surface area contributed by atoms with E-state index < -0.39 is 5.82 Å². The second kappa shape index (κ2) is 10.8. The molecule has 7 heteroatoms. The Balaban J connectivity index is 1.48. The highest BCUT2D eigenvalue weighted by Crippen LogP contribution is 2.37. The summed E-state index contributed by atoms with van der Waals surface area (Å²) in [6.45, 7) is 0. The minimum Gasteiger partial charge on any atom is -0.496 e. The first-order valence-corrected chi connectivity index (χ1v) is 11.7. The molecule has 0 aliphatic rings. The number of hydrogen-bond acceptors (Lipinski definition) is 6. The van der Waals surface area contributed by atoms with Crippen LogP contribution in [0, 0.1) is 5.82 Å². The second-order valence-corrected chi connectivity index (χ2v) is 8.13. The van der Waals surface area contributed by atoms with Gasteiger partial charge in [0.2, 0.25) is 5.95 Å². The van der Waals surface area contributed by atoms with Crippen molar-refractivity contribution < 1.29 is 13.9 Å². The van der Waals surface area contributed by atoms with Gasteiger partial charge < -0.3 is 20.1 Å². The molecule has 2 N–H and O–H groups in total. The zero-order valence-electron chi connectivity index (χ0n) is 20.4. The van der Waals surface area contributed by atoms with Crippen LogP contribution in [0.5, 0.6) is 11.5 Å². The largest absolute Gasteiger partial charge is 0.496 e. The number of hydrogen-bond donors (Lipinski definition) is 2. The Hall–Kier alpha value is -4.91. The third kappa shape index (κ3) is 5.06. The standard InChI is InChI=1S/C30H25FN4O2/c1-36-27-17-9-5-13-22(27)20-11-3-7-15-25(20)33-29-24(31)19-32-30(35-29)34-26-16-8-4-12-21(26)23-14-6-10-18-28(23)37-2/h3-19H,1-2H3,(H2,32,33,34,35). The molecule has 5 aromatic rings. The molecule has 0 fully saturated rings. The smallest absolute Gasteiger partial charge is 0.229 e. The lowest BCUT2D eigenvalue weighted by Crippen LogP contribution is -2.05. The lowest BCUT2D eigenvalue weighted by molar-refractivity contribution is 0.416. The number of rotatable bonds is 8. The number of anilines is 4. The van der Waals surface area contributed by atoms with Crippen LogP contribution in [0.2, 0.25) is 0 Å². The van der Waals surface area contributed by atoms with Gasteiger partial charge in [-0.3, -0.25) is 0 Å². The zero-order valence-corrected chi connectivity index (χ0v) is 20.4. The fraction of sp³-hybridized carbons (Fsp3) is 0.0667. The van der Waals surface area contributed by atoms with Crippen LogP contribution in [-0.2, 0) is 0 Å². The number of para-hydroxylation sites is 4. The van der Waals surface area contributed by atoms with Crippen LogP contribution in [0.1, 0.15) is 0 Å². The van der Waals surface area contributed by atoms with Gasteiger partial charge in [-0.05, 0) is 24.3 Å². The molecule has 0 radical (unpaired) electrons. The fourth-order valence-electron chi connectivity index (χ4n) is 4.15.